The Morgan fingerprint density at radius 1 is 1.36 bits per heavy atom. The second kappa shape index (κ2) is 3.46. The van der Waals surface area contributed by atoms with Crippen molar-refractivity contribution in [1.29, 1.82) is 0 Å². The Morgan fingerprint density at radius 3 is 2.36 bits per heavy atom. The average Bonchev–Trinajstić information content (AvgIpc) is 2.05. The fourth-order valence-corrected chi connectivity index (χ4v) is 0.919. The van der Waals surface area contributed by atoms with Crippen molar-refractivity contribution in [3.05, 3.63) is 35.6 Å². The van der Waals surface area contributed by atoms with Crippen LogP contribution in [-0.2, 0) is 4.79 Å². The van der Waals surface area contributed by atoms with E-state index in [1.54, 1.807) is 5.94 Å². The van der Waals surface area contributed by atoms with Crippen LogP contribution < -0.4 is 0 Å². The van der Waals surface area contributed by atoms with E-state index in [4.69, 9.17) is 0 Å². The van der Waals surface area contributed by atoms with E-state index >= 15 is 0 Å². The molecule has 0 atom stereocenters. The lowest BCUT2D eigenvalue weighted by Gasteiger charge is -1.92. The zero-order valence-corrected chi connectivity index (χ0v) is 7.06. The summed E-state index contributed by atoms with van der Waals surface area (Å²) in [6.07, 6.45) is 0. The Bertz CT molecular complexity index is 298. The first-order valence-electron chi connectivity index (χ1n) is 2.90. The SMILES string of the molecule is O=C=C(Br)c1ccc(F)cc1. The molecular formula is C8H4BrFO. The van der Waals surface area contributed by atoms with Gasteiger partial charge in [-0.1, -0.05) is 12.1 Å². The number of carbonyl (C=O) groups excluding carboxylic acids is 1. The normalized spacial score (nSPS) is 8.91. The van der Waals surface area contributed by atoms with Gasteiger partial charge in [-0.15, -0.1) is 0 Å². The van der Waals surface area contributed by atoms with Crippen molar-refractivity contribution in [3.8, 4) is 0 Å². The Morgan fingerprint density at radius 2 is 1.91 bits per heavy atom. The summed E-state index contributed by atoms with van der Waals surface area (Å²) in [5.41, 5.74) is 0.626. The Labute approximate surface area is 71.7 Å². The van der Waals surface area contributed by atoms with E-state index in [0.717, 1.165) is 0 Å². The molecule has 11 heavy (non-hydrogen) atoms. The molecule has 0 heterocycles. The highest BCUT2D eigenvalue weighted by molar-refractivity contribution is 9.15. The molecule has 56 valence electrons. The van der Waals surface area contributed by atoms with E-state index in [-0.39, 0.29) is 5.82 Å². The van der Waals surface area contributed by atoms with Crippen LogP contribution in [0.3, 0.4) is 0 Å². The number of benzene rings is 1. The third kappa shape index (κ3) is 2.00. The van der Waals surface area contributed by atoms with Gasteiger partial charge in [0.1, 0.15) is 16.2 Å². The minimum Gasteiger partial charge on any atom is -0.232 e. The third-order valence-corrected chi connectivity index (χ3v) is 1.81. The summed E-state index contributed by atoms with van der Waals surface area (Å²) in [6, 6.07) is 5.58. The minimum absolute atomic E-state index is 0.303. The summed E-state index contributed by atoms with van der Waals surface area (Å²) in [7, 11) is 0. The molecule has 0 aliphatic rings. The van der Waals surface area contributed by atoms with E-state index in [0.29, 0.717) is 10.0 Å². The van der Waals surface area contributed by atoms with Crippen molar-refractivity contribution in [1.82, 2.24) is 0 Å². The van der Waals surface area contributed by atoms with Gasteiger partial charge in [0, 0.05) is 5.56 Å². The average molecular weight is 215 g/mol. The maximum absolute atomic E-state index is 12.3. The molecule has 0 unspecified atom stereocenters. The maximum Gasteiger partial charge on any atom is 0.140 e. The smallest absolute Gasteiger partial charge is 0.140 e. The van der Waals surface area contributed by atoms with Crippen molar-refractivity contribution >= 4 is 26.4 Å². The lowest BCUT2D eigenvalue weighted by Crippen LogP contribution is -1.77. The van der Waals surface area contributed by atoms with E-state index in [1.807, 2.05) is 0 Å². The van der Waals surface area contributed by atoms with Crippen LogP contribution in [0.2, 0.25) is 0 Å². The predicted molar refractivity (Wildman–Crippen MR) is 44.4 cm³/mol. The minimum atomic E-state index is -0.319. The topological polar surface area (TPSA) is 17.1 Å². The van der Waals surface area contributed by atoms with Crippen molar-refractivity contribution in [2.24, 2.45) is 0 Å². The molecule has 0 saturated heterocycles. The maximum atomic E-state index is 12.3. The van der Waals surface area contributed by atoms with E-state index < -0.39 is 0 Å². The van der Waals surface area contributed by atoms with Gasteiger partial charge in [0.15, 0.2) is 0 Å². The highest BCUT2D eigenvalue weighted by Crippen LogP contribution is 2.17. The first kappa shape index (κ1) is 8.18. The van der Waals surface area contributed by atoms with Gasteiger partial charge in [-0.2, -0.15) is 0 Å². The Balaban J connectivity index is 3.08. The van der Waals surface area contributed by atoms with E-state index in [2.05, 4.69) is 15.9 Å². The van der Waals surface area contributed by atoms with E-state index in [9.17, 15) is 9.18 Å². The molecule has 0 aliphatic carbocycles. The molecule has 1 rings (SSSR count). The lowest BCUT2D eigenvalue weighted by atomic mass is 10.2. The van der Waals surface area contributed by atoms with Gasteiger partial charge in [0.05, 0.1) is 0 Å². The van der Waals surface area contributed by atoms with Crippen molar-refractivity contribution in [3.63, 3.8) is 0 Å². The van der Waals surface area contributed by atoms with E-state index in [1.165, 1.54) is 24.3 Å². The molecule has 0 saturated carbocycles. The second-order valence-corrected chi connectivity index (χ2v) is 2.72. The molecule has 0 aliphatic heterocycles. The van der Waals surface area contributed by atoms with Crippen LogP contribution in [0.4, 0.5) is 4.39 Å². The van der Waals surface area contributed by atoms with Crippen LogP contribution >= 0.6 is 15.9 Å². The van der Waals surface area contributed by atoms with Crippen LogP contribution in [0.1, 0.15) is 5.56 Å². The zero-order valence-electron chi connectivity index (χ0n) is 5.47. The molecule has 1 aromatic carbocycles. The Kier molecular flexibility index (Phi) is 2.58. The van der Waals surface area contributed by atoms with Crippen LogP contribution in [0.5, 0.6) is 0 Å². The first-order valence-corrected chi connectivity index (χ1v) is 3.70. The summed E-state index contributed by atoms with van der Waals surface area (Å²) >= 11 is 2.98. The molecule has 0 bridgehead atoms. The molecule has 0 aromatic heterocycles. The van der Waals surface area contributed by atoms with Gasteiger partial charge in [-0.25, -0.2) is 9.18 Å². The predicted octanol–water partition coefficient (Wildman–Crippen LogP) is 2.39. The monoisotopic (exact) mass is 214 g/mol. The quantitative estimate of drug-likeness (QED) is 0.657. The molecule has 0 amide bonds. The zero-order chi connectivity index (χ0) is 8.27. The molecule has 0 fully saturated rings. The van der Waals surface area contributed by atoms with Crippen LogP contribution in [0.15, 0.2) is 24.3 Å². The van der Waals surface area contributed by atoms with Gasteiger partial charge in [-0.3, -0.25) is 0 Å². The summed E-state index contributed by atoms with van der Waals surface area (Å²) in [5.74, 6) is 1.34. The summed E-state index contributed by atoms with van der Waals surface area (Å²) in [4.78, 5) is 10.1. The molecule has 1 nitrogen and oxygen atoms in total. The largest absolute Gasteiger partial charge is 0.232 e. The second-order valence-electron chi connectivity index (χ2n) is 1.92. The summed E-state index contributed by atoms with van der Waals surface area (Å²) in [6.45, 7) is 0. The van der Waals surface area contributed by atoms with Crippen LogP contribution in [-0.4, -0.2) is 5.94 Å². The lowest BCUT2D eigenvalue weighted by molar-refractivity contribution is 0.570. The fourth-order valence-electron chi connectivity index (χ4n) is 0.655. The third-order valence-electron chi connectivity index (χ3n) is 1.19. The fraction of sp³-hybridized carbons (Fsp3) is 0. The highest BCUT2D eigenvalue weighted by Gasteiger charge is 1.96. The van der Waals surface area contributed by atoms with Crippen molar-refractivity contribution < 1.29 is 9.18 Å². The molecule has 1 aromatic rings. The van der Waals surface area contributed by atoms with Crippen molar-refractivity contribution in [2.45, 2.75) is 0 Å². The standard InChI is InChI=1S/C8H4BrFO/c9-8(5-11)6-1-3-7(10)4-2-6/h1-4H. The molecule has 0 radical (unpaired) electrons. The molecular weight excluding hydrogens is 211 g/mol. The highest BCUT2D eigenvalue weighted by atomic mass is 79.9. The van der Waals surface area contributed by atoms with Gasteiger partial charge in [-0.05, 0) is 28.1 Å². The number of hydrogen-bond acceptors (Lipinski definition) is 1. The van der Waals surface area contributed by atoms with Crippen LogP contribution in [0, 0.1) is 5.82 Å². The number of rotatable bonds is 1. The van der Waals surface area contributed by atoms with Gasteiger partial charge < -0.3 is 0 Å². The summed E-state index contributed by atoms with van der Waals surface area (Å²) < 4.78 is 12.6. The number of hydrogen-bond donors (Lipinski definition) is 0. The van der Waals surface area contributed by atoms with Gasteiger partial charge in [0.25, 0.3) is 0 Å². The summed E-state index contributed by atoms with van der Waals surface area (Å²) in [5, 5.41) is 0. The van der Waals surface area contributed by atoms with Crippen LogP contribution in [0.25, 0.3) is 4.48 Å². The molecule has 0 spiro atoms. The molecule has 3 heteroatoms. The Hall–Kier alpha value is -0.920. The molecule has 0 N–H and O–H groups in total. The number of halogens is 2. The first-order chi connectivity index (χ1) is 5.24. The van der Waals surface area contributed by atoms with Gasteiger partial charge >= 0.3 is 0 Å². The van der Waals surface area contributed by atoms with Gasteiger partial charge in [0.2, 0.25) is 0 Å². The van der Waals surface area contributed by atoms with Crippen molar-refractivity contribution in [2.75, 3.05) is 0 Å².